The Hall–Kier alpha value is -0.480. The van der Waals surface area contributed by atoms with Crippen LogP contribution in [-0.4, -0.2) is 7.11 Å². The Labute approximate surface area is 80.9 Å². The Bertz CT molecular complexity index is 339. The molecule has 0 heterocycles. The molecule has 0 aliphatic carbocycles. The van der Waals surface area contributed by atoms with Crippen LogP contribution < -0.4 is 15.7 Å². The van der Waals surface area contributed by atoms with Crippen LogP contribution in [0.2, 0.25) is 0 Å². The maximum Gasteiger partial charge on any atom is 0.266 e. The monoisotopic (exact) mass is 218 g/mol. The molecule has 6 heteroatoms. The zero-order chi connectivity index (χ0) is 9.90. The Morgan fingerprint density at radius 1 is 1.38 bits per heavy atom. The van der Waals surface area contributed by atoms with Gasteiger partial charge in [-0.15, -0.1) is 0 Å². The number of hydrogen-bond donors (Lipinski definition) is 2. The second-order valence-corrected chi connectivity index (χ2v) is 6.56. The van der Waals surface area contributed by atoms with Gasteiger partial charge in [0.15, 0.2) is 0 Å². The minimum absolute atomic E-state index is 0.628. The van der Waals surface area contributed by atoms with Gasteiger partial charge in [0.25, 0.3) is 6.65 Å². The average molecular weight is 218 g/mol. The minimum atomic E-state index is -3.09. The zero-order valence-corrected chi connectivity index (χ0v) is 8.85. The summed E-state index contributed by atoms with van der Waals surface area (Å²) in [5.74, 6) is 0.628. The second-order valence-electron chi connectivity index (χ2n) is 2.39. The highest BCUT2D eigenvalue weighted by atomic mass is 32.7. The highest BCUT2D eigenvalue weighted by Crippen LogP contribution is 2.50. The van der Waals surface area contributed by atoms with Crippen molar-refractivity contribution >= 4 is 18.0 Å². The van der Waals surface area contributed by atoms with Crippen molar-refractivity contribution in [3.05, 3.63) is 24.3 Å². The van der Waals surface area contributed by atoms with Gasteiger partial charge in [-0.05, 0) is 23.5 Å². The zero-order valence-electron chi connectivity index (χ0n) is 7.14. The first-order chi connectivity index (χ1) is 6.03. The van der Waals surface area contributed by atoms with Crippen molar-refractivity contribution in [2.45, 2.75) is 4.90 Å². The van der Waals surface area contributed by atoms with Gasteiger partial charge >= 0.3 is 0 Å². The Kier molecular flexibility index (Phi) is 3.39. The Morgan fingerprint density at radius 2 is 2.00 bits per heavy atom. The van der Waals surface area contributed by atoms with Crippen LogP contribution in [0.5, 0.6) is 5.75 Å². The Morgan fingerprint density at radius 3 is 2.54 bits per heavy atom. The fraction of sp³-hybridized carbons (Fsp3) is 0.143. The lowest BCUT2D eigenvalue weighted by atomic mass is 10.3. The lowest BCUT2D eigenvalue weighted by Gasteiger charge is -2.09. The van der Waals surface area contributed by atoms with Crippen molar-refractivity contribution in [1.82, 2.24) is 0 Å². The van der Waals surface area contributed by atoms with Crippen molar-refractivity contribution in [2.24, 2.45) is 11.0 Å². The fourth-order valence-corrected chi connectivity index (χ4v) is 2.91. The molecule has 4 N–H and O–H groups in total. The molecule has 0 aliphatic rings. The summed E-state index contributed by atoms with van der Waals surface area (Å²) >= 11 is 0.938. The summed E-state index contributed by atoms with van der Waals surface area (Å²) in [6, 6.07) is 7.15. The van der Waals surface area contributed by atoms with E-state index in [0.29, 0.717) is 10.6 Å². The van der Waals surface area contributed by atoms with Crippen molar-refractivity contribution in [1.29, 1.82) is 0 Å². The molecule has 1 aromatic rings. The quantitative estimate of drug-likeness (QED) is 0.756. The first kappa shape index (κ1) is 10.6. The highest BCUT2D eigenvalue weighted by Gasteiger charge is 2.13. The predicted molar refractivity (Wildman–Crippen MR) is 54.8 cm³/mol. The summed E-state index contributed by atoms with van der Waals surface area (Å²) < 4.78 is 16.2. The largest absolute Gasteiger partial charge is 0.496 e. The average Bonchev–Trinajstić information content (AvgIpc) is 2.02. The third-order valence-electron chi connectivity index (χ3n) is 1.31. The molecule has 13 heavy (non-hydrogen) atoms. The van der Waals surface area contributed by atoms with E-state index in [0.717, 1.165) is 11.4 Å². The van der Waals surface area contributed by atoms with Crippen LogP contribution in [0.4, 0.5) is 0 Å². The van der Waals surface area contributed by atoms with Crippen LogP contribution in [0.3, 0.4) is 0 Å². The molecular weight excluding hydrogens is 207 g/mol. The van der Waals surface area contributed by atoms with Gasteiger partial charge in [-0.25, -0.2) is 0 Å². The molecule has 0 spiro atoms. The van der Waals surface area contributed by atoms with Gasteiger partial charge in [0, 0.05) is 0 Å². The first-order valence-electron chi connectivity index (χ1n) is 3.53. The van der Waals surface area contributed by atoms with E-state index in [1.54, 1.807) is 18.2 Å². The maximum absolute atomic E-state index is 11.1. The van der Waals surface area contributed by atoms with Crippen LogP contribution in [0, 0.1) is 0 Å². The lowest BCUT2D eigenvalue weighted by Crippen LogP contribution is -2.00. The van der Waals surface area contributed by atoms with Gasteiger partial charge in [-0.2, -0.15) is 0 Å². The molecule has 0 saturated carbocycles. The Balaban J connectivity index is 2.94. The molecule has 0 fully saturated rings. The van der Waals surface area contributed by atoms with E-state index in [9.17, 15) is 4.57 Å². The number of para-hydroxylation sites is 1. The summed E-state index contributed by atoms with van der Waals surface area (Å²) in [5, 5.41) is 0. The molecule has 1 rings (SSSR count). The normalized spacial score (nSPS) is 11.3. The summed E-state index contributed by atoms with van der Waals surface area (Å²) in [7, 11) is 1.54. The molecule has 4 nitrogen and oxygen atoms in total. The van der Waals surface area contributed by atoms with Crippen molar-refractivity contribution in [3.63, 3.8) is 0 Å². The number of hydrogen-bond acceptors (Lipinski definition) is 3. The molecule has 0 atom stereocenters. The highest BCUT2D eigenvalue weighted by molar-refractivity contribution is 8.56. The number of nitrogens with two attached hydrogens (primary N) is 2. The molecule has 72 valence electrons. The van der Waals surface area contributed by atoms with Gasteiger partial charge in [0.05, 0.1) is 12.0 Å². The minimum Gasteiger partial charge on any atom is -0.496 e. The van der Waals surface area contributed by atoms with E-state index in [-0.39, 0.29) is 0 Å². The van der Waals surface area contributed by atoms with Crippen LogP contribution in [0.1, 0.15) is 0 Å². The van der Waals surface area contributed by atoms with Gasteiger partial charge in [-0.3, -0.25) is 15.6 Å². The third-order valence-corrected chi connectivity index (χ3v) is 3.58. The molecule has 0 aromatic heterocycles. The van der Waals surface area contributed by atoms with Crippen molar-refractivity contribution < 1.29 is 9.30 Å². The van der Waals surface area contributed by atoms with E-state index in [1.807, 2.05) is 6.07 Å². The molecule has 0 aliphatic heterocycles. The van der Waals surface area contributed by atoms with E-state index in [4.69, 9.17) is 15.7 Å². The van der Waals surface area contributed by atoms with Gasteiger partial charge in [0.1, 0.15) is 5.75 Å². The molecule has 0 radical (unpaired) electrons. The number of methoxy groups -OCH3 is 1. The van der Waals surface area contributed by atoms with Crippen molar-refractivity contribution in [3.8, 4) is 5.75 Å². The number of rotatable bonds is 3. The van der Waals surface area contributed by atoms with Crippen molar-refractivity contribution in [2.75, 3.05) is 7.11 Å². The van der Waals surface area contributed by atoms with Crippen LogP contribution in [0.25, 0.3) is 0 Å². The first-order valence-corrected chi connectivity index (χ1v) is 6.79. The summed E-state index contributed by atoms with van der Waals surface area (Å²) in [6.45, 7) is -3.09. The molecule has 0 bridgehead atoms. The topological polar surface area (TPSA) is 78.3 Å². The van der Waals surface area contributed by atoms with Gasteiger partial charge in [-0.1, -0.05) is 12.1 Å². The molecule has 0 amide bonds. The predicted octanol–water partition coefficient (Wildman–Crippen LogP) is 1.81. The second kappa shape index (κ2) is 4.15. The molecule has 0 unspecified atom stereocenters. The van der Waals surface area contributed by atoms with E-state index >= 15 is 0 Å². The summed E-state index contributed by atoms with van der Waals surface area (Å²) in [6.07, 6.45) is 0. The molecule has 0 saturated heterocycles. The number of ether oxygens (including phenoxy) is 1. The van der Waals surface area contributed by atoms with E-state index in [2.05, 4.69) is 0 Å². The fourth-order valence-electron chi connectivity index (χ4n) is 0.848. The SMILES string of the molecule is COc1ccccc1SP(N)(N)=O. The third kappa shape index (κ3) is 3.40. The van der Waals surface area contributed by atoms with Crippen LogP contribution in [0.15, 0.2) is 29.2 Å². The number of benzene rings is 1. The maximum atomic E-state index is 11.1. The molecule has 1 aromatic carbocycles. The van der Waals surface area contributed by atoms with Crippen LogP contribution >= 0.6 is 18.0 Å². The lowest BCUT2D eigenvalue weighted by molar-refractivity contribution is 0.405. The van der Waals surface area contributed by atoms with Gasteiger partial charge < -0.3 is 4.74 Å². The standard InChI is InChI=1S/C7H11N2O2PS/c1-11-6-4-2-3-5-7(6)13-12(8,9)10/h2-5H,1H3,(H4,8,9,10). The summed E-state index contributed by atoms with van der Waals surface area (Å²) in [5.41, 5.74) is 10.5. The summed E-state index contributed by atoms with van der Waals surface area (Å²) in [4.78, 5) is 0.693. The van der Waals surface area contributed by atoms with E-state index in [1.165, 1.54) is 7.11 Å². The van der Waals surface area contributed by atoms with Gasteiger partial charge in [0.2, 0.25) is 0 Å². The van der Waals surface area contributed by atoms with E-state index < -0.39 is 6.65 Å². The molecular formula is C7H11N2O2PS. The van der Waals surface area contributed by atoms with Crippen LogP contribution in [-0.2, 0) is 4.57 Å². The smallest absolute Gasteiger partial charge is 0.266 e.